The zero-order valence-corrected chi connectivity index (χ0v) is 13.0. The molecular weight excluding hydrogens is 298 g/mol. The Morgan fingerprint density at radius 2 is 1.86 bits per heavy atom. The summed E-state index contributed by atoms with van der Waals surface area (Å²) in [5, 5.41) is 0.499. The first-order chi connectivity index (χ1) is 10.7. The van der Waals surface area contributed by atoms with E-state index in [2.05, 4.69) is 9.88 Å². The van der Waals surface area contributed by atoms with Crippen LogP contribution in [0.25, 0.3) is 0 Å². The highest BCUT2D eigenvalue weighted by atomic mass is 35.5. The lowest BCUT2D eigenvalue weighted by Gasteiger charge is -2.23. The number of anilines is 1. The summed E-state index contributed by atoms with van der Waals surface area (Å²) in [5.74, 6) is 0.107. The molecule has 1 fully saturated rings. The molecule has 0 N–H and O–H groups in total. The number of carbonyl (C=O) groups is 1. The van der Waals surface area contributed by atoms with E-state index < -0.39 is 0 Å². The van der Waals surface area contributed by atoms with E-state index >= 15 is 0 Å². The van der Waals surface area contributed by atoms with Gasteiger partial charge in [-0.2, -0.15) is 0 Å². The first-order valence-corrected chi connectivity index (χ1v) is 7.83. The minimum Gasteiger partial charge on any atom is -0.370 e. The van der Waals surface area contributed by atoms with E-state index in [-0.39, 0.29) is 5.91 Å². The molecule has 1 aromatic carbocycles. The molecule has 1 aromatic heterocycles. The Bertz CT molecular complexity index is 647. The zero-order valence-electron chi connectivity index (χ0n) is 12.3. The zero-order chi connectivity index (χ0) is 15.4. The Morgan fingerprint density at radius 3 is 2.64 bits per heavy atom. The second-order valence-electron chi connectivity index (χ2n) is 5.34. The fourth-order valence-corrected chi connectivity index (χ4v) is 2.90. The van der Waals surface area contributed by atoms with E-state index in [9.17, 15) is 4.79 Å². The van der Waals surface area contributed by atoms with Gasteiger partial charge in [0.25, 0.3) is 5.91 Å². The minimum absolute atomic E-state index is 0.107. The maximum Gasteiger partial charge on any atom is 0.253 e. The maximum atomic E-state index is 12.5. The van der Waals surface area contributed by atoms with Crippen molar-refractivity contribution in [1.82, 2.24) is 9.88 Å². The number of halogens is 1. The molecule has 0 atom stereocenters. The van der Waals surface area contributed by atoms with Crippen LogP contribution in [-0.2, 0) is 0 Å². The fraction of sp³-hybridized carbons (Fsp3) is 0.294. The molecule has 1 saturated heterocycles. The second kappa shape index (κ2) is 6.79. The normalized spacial score (nSPS) is 15.5. The van der Waals surface area contributed by atoms with Crippen LogP contribution in [0.2, 0.25) is 5.15 Å². The van der Waals surface area contributed by atoms with Crippen molar-refractivity contribution in [2.75, 3.05) is 31.1 Å². The highest BCUT2D eigenvalue weighted by Crippen LogP contribution is 2.19. The monoisotopic (exact) mass is 315 g/mol. The van der Waals surface area contributed by atoms with Crippen molar-refractivity contribution in [2.24, 2.45) is 0 Å². The fourth-order valence-electron chi connectivity index (χ4n) is 2.73. The van der Waals surface area contributed by atoms with Crippen molar-refractivity contribution in [2.45, 2.75) is 6.42 Å². The lowest BCUT2D eigenvalue weighted by Crippen LogP contribution is -2.35. The molecule has 0 saturated carbocycles. The third kappa shape index (κ3) is 3.39. The van der Waals surface area contributed by atoms with Crippen LogP contribution in [0.1, 0.15) is 16.8 Å². The van der Waals surface area contributed by atoms with Crippen molar-refractivity contribution in [3.63, 3.8) is 0 Å². The van der Waals surface area contributed by atoms with Crippen molar-refractivity contribution in [1.29, 1.82) is 0 Å². The largest absolute Gasteiger partial charge is 0.370 e. The average molecular weight is 316 g/mol. The van der Waals surface area contributed by atoms with Crippen LogP contribution in [-0.4, -0.2) is 42.0 Å². The quantitative estimate of drug-likeness (QED) is 0.799. The van der Waals surface area contributed by atoms with Gasteiger partial charge in [0.05, 0.1) is 0 Å². The molecule has 2 heterocycles. The molecule has 1 aliphatic rings. The summed E-state index contributed by atoms with van der Waals surface area (Å²) in [6.45, 7) is 3.22. The predicted octanol–water partition coefficient (Wildman–Crippen LogP) is 3.09. The van der Waals surface area contributed by atoms with Crippen molar-refractivity contribution in [3.05, 3.63) is 59.4 Å². The highest BCUT2D eigenvalue weighted by Gasteiger charge is 2.20. The Kier molecular flexibility index (Phi) is 4.59. The molecule has 1 amide bonds. The van der Waals surface area contributed by atoms with Gasteiger partial charge in [-0.1, -0.05) is 29.8 Å². The van der Waals surface area contributed by atoms with E-state index in [1.807, 2.05) is 47.4 Å². The Hall–Kier alpha value is -2.07. The van der Waals surface area contributed by atoms with Crippen LogP contribution in [0.3, 0.4) is 0 Å². The molecule has 1 aliphatic heterocycles. The minimum atomic E-state index is 0.107. The molecule has 0 unspecified atom stereocenters. The Balaban J connectivity index is 1.69. The summed E-state index contributed by atoms with van der Waals surface area (Å²) in [4.78, 5) is 20.7. The molecule has 0 bridgehead atoms. The van der Waals surface area contributed by atoms with Gasteiger partial charge in [0, 0.05) is 43.6 Å². The Labute approximate surface area is 135 Å². The summed E-state index contributed by atoms with van der Waals surface area (Å²) < 4.78 is 0. The first-order valence-electron chi connectivity index (χ1n) is 7.45. The van der Waals surface area contributed by atoms with Crippen LogP contribution in [0, 0.1) is 0 Å². The molecular formula is C17H18ClN3O. The number of hydrogen-bond donors (Lipinski definition) is 0. The average Bonchev–Trinajstić information content (AvgIpc) is 2.81. The van der Waals surface area contributed by atoms with E-state index in [0.717, 1.165) is 37.3 Å². The number of nitrogens with zero attached hydrogens (tertiary/aromatic N) is 3. The molecule has 0 radical (unpaired) electrons. The van der Waals surface area contributed by atoms with Gasteiger partial charge in [-0.05, 0) is 30.7 Å². The lowest BCUT2D eigenvalue weighted by molar-refractivity contribution is 0.0767. The van der Waals surface area contributed by atoms with E-state index in [0.29, 0.717) is 11.7 Å². The smallest absolute Gasteiger partial charge is 0.253 e. The summed E-state index contributed by atoms with van der Waals surface area (Å²) in [5.41, 5.74) is 1.82. The van der Waals surface area contributed by atoms with Crippen LogP contribution >= 0.6 is 11.6 Å². The molecule has 114 valence electrons. The van der Waals surface area contributed by atoms with E-state index in [4.69, 9.17) is 11.6 Å². The second-order valence-corrected chi connectivity index (χ2v) is 5.72. The SMILES string of the molecule is O=C(c1ccccc1)N1CCCN(c2ccnc(Cl)c2)CC1. The Morgan fingerprint density at radius 1 is 1.05 bits per heavy atom. The van der Waals surface area contributed by atoms with Gasteiger partial charge in [-0.25, -0.2) is 4.98 Å². The van der Waals surface area contributed by atoms with Gasteiger partial charge in [0.2, 0.25) is 0 Å². The molecule has 5 heteroatoms. The summed E-state index contributed by atoms with van der Waals surface area (Å²) in [6, 6.07) is 13.3. The van der Waals surface area contributed by atoms with Crippen LogP contribution in [0.15, 0.2) is 48.7 Å². The van der Waals surface area contributed by atoms with E-state index in [1.54, 1.807) is 6.20 Å². The molecule has 3 rings (SSSR count). The van der Waals surface area contributed by atoms with Crippen LogP contribution in [0.4, 0.5) is 5.69 Å². The van der Waals surface area contributed by atoms with Gasteiger partial charge in [0.1, 0.15) is 5.15 Å². The number of benzene rings is 1. The summed E-state index contributed by atoms with van der Waals surface area (Å²) >= 11 is 5.96. The standard InChI is InChI=1S/C17H18ClN3O/c18-16-13-15(7-8-19-16)20-9-4-10-21(12-11-20)17(22)14-5-2-1-3-6-14/h1-3,5-8,13H,4,9-12H2. The summed E-state index contributed by atoms with van der Waals surface area (Å²) in [7, 11) is 0. The third-order valence-electron chi connectivity index (χ3n) is 3.88. The molecule has 2 aromatic rings. The van der Waals surface area contributed by atoms with Crippen molar-refractivity contribution in [3.8, 4) is 0 Å². The lowest BCUT2D eigenvalue weighted by atomic mass is 10.2. The first kappa shape index (κ1) is 14.9. The number of pyridine rings is 1. The van der Waals surface area contributed by atoms with Crippen LogP contribution in [0.5, 0.6) is 0 Å². The number of amides is 1. The van der Waals surface area contributed by atoms with Gasteiger partial charge in [0.15, 0.2) is 0 Å². The van der Waals surface area contributed by atoms with Gasteiger partial charge >= 0.3 is 0 Å². The van der Waals surface area contributed by atoms with Gasteiger partial charge in [-0.3, -0.25) is 4.79 Å². The number of hydrogen-bond acceptors (Lipinski definition) is 3. The van der Waals surface area contributed by atoms with E-state index in [1.165, 1.54) is 0 Å². The van der Waals surface area contributed by atoms with Gasteiger partial charge < -0.3 is 9.80 Å². The number of rotatable bonds is 2. The molecule has 4 nitrogen and oxygen atoms in total. The molecule has 0 aliphatic carbocycles. The van der Waals surface area contributed by atoms with Crippen molar-refractivity contribution >= 4 is 23.2 Å². The number of aromatic nitrogens is 1. The molecule has 22 heavy (non-hydrogen) atoms. The number of carbonyl (C=O) groups excluding carboxylic acids is 1. The third-order valence-corrected chi connectivity index (χ3v) is 4.09. The maximum absolute atomic E-state index is 12.5. The van der Waals surface area contributed by atoms with Crippen LogP contribution < -0.4 is 4.90 Å². The topological polar surface area (TPSA) is 36.4 Å². The van der Waals surface area contributed by atoms with Crippen molar-refractivity contribution < 1.29 is 4.79 Å². The molecule has 0 spiro atoms. The summed E-state index contributed by atoms with van der Waals surface area (Å²) in [6.07, 6.45) is 2.66. The van der Waals surface area contributed by atoms with Gasteiger partial charge in [-0.15, -0.1) is 0 Å². The predicted molar refractivity (Wildman–Crippen MR) is 88.4 cm³/mol. The highest BCUT2D eigenvalue weighted by molar-refractivity contribution is 6.29.